The van der Waals surface area contributed by atoms with Gasteiger partial charge in [-0.3, -0.25) is 0 Å². The first-order valence-corrected chi connectivity index (χ1v) is 21.0. The fourth-order valence-corrected chi connectivity index (χ4v) is 11.0. The van der Waals surface area contributed by atoms with Gasteiger partial charge in [0.25, 0.3) is 0 Å². The molecule has 13 rings (SSSR count). The number of hydrogen-bond acceptors (Lipinski definition) is 1. The van der Waals surface area contributed by atoms with Gasteiger partial charge in [0.1, 0.15) is 11.2 Å². The van der Waals surface area contributed by atoms with E-state index in [1.807, 2.05) is 0 Å². The van der Waals surface area contributed by atoms with Gasteiger partial charge in [-0.1, -0.05) is 202 Å². The molecule has 0 atom stereocenters. The lowest BCUT2D eigenvalue weighted by Crippen LogP contribution is -2.14. The van der Waals surface area contributed by atoms with Gasteiger partial charge >= 0.3 is 0 Å². The number of furan rings is 1. The molecule has 0 saturated heterocycles. The van der Waals surface area contributed by atoms with Crippen molar-refractivity contribution < 1.29 is 4.42 Å². The van der Waals surface area contributed by atoms with Crippen LogP contribution < -0.4 is 0 Å². The second-order valence-electron chi connectivity index (χ2n) is 17.1. The van der Waals surface area contributed by atoms with Crippen LogP contribution in [0.25, 0.3) is 120 Å². The normalized spacial score (nSPS) is 13.3. The van der Waals surface area contributed by atoms with E-state index in [0.29, 0.717) is 0 Å². The number of fused-ring (bicyclic) bond motifs is 13. The maximum absolute atomic E-state index is 7.09. The molecule has 60 heavy (non-hydrogen) atoms. The predicted molar refractivity (Wildman–Crippen MR) is 255 cm³/mol. The molecule has 1 aromatic heterocycles. The summed E-state index contributed by atoms with van der Waals surface area (Å²) in [5.74, 6) is 0. The molecule has 11 aromatic carbocycles. The predicted octanol–water partition coefficient (Wildman–Crippen LogP) is 16.7. The van der Waals surface area contributed by atoms with E-state index >= 15 is 0 Å². The largest absolute Gasteiger partial charge is 0.455 e. The van der Waals surface area contributed by atoms with Crippen LogP contribution in [-0.4, -0.2) is 0 Å². The van der Waals surface area contributed by atoms with E-state index in [1.54, 1.807) is 0 Å². The third-order valence-corrected chi connectivity index (χ3v) is 13.7. The lowest BCUT2D eigenvalue weighted by Gasteiger charge is -2.21. The zero-order chi connectivity index (χ0) is 39.7. The third kappa shape index (κ3) is 4.47. The molecule has 280 valence electrons. The first kappa shape index (κ1) is 33.5. The van der Waals surface area contributed by atoms with Gasteiger partial charge < -0.3 is 4.42 Å². The molecule has 1 heterocycles. The van der Waals surface area contributed by atoms with Crippen molar-refractivity contribution in [3.8, 4) is 44.5 Å². The Morgan fingerprint density at radius 2 is 0.800 bits per heavy atom. The fraction of sp³-hybridized carbons (Fsp3) is 0.0508. The van der Waals surface area contributed by atoms with Crippen LogP contribution in [0.3, 0.4) is 0 Å². The molecule has 1 aliphatic carbocycles. The van der Waals surface area contributed by atoms with Crippen molar-refractivity contribution in [2.45, 2.75) is 19.3 Å². The average Bonchev–Trinajstić information content (AvgIpc) is 3.79. The van der Waals surface area contributed by atoms with Gasteiger partial charge in [-0.15, -0.1) is 0 Å². The van der Waals surface area contributed by atoms with Crippen molar-refractivity contribution in [1.29, 1.82) is 0 Å². The molecule has 0 saturated carbocycles. The summed E-state index contributed by atoms with van der Waals surface area (Å²) in [5, 5.41) is 14.8. The Kier molecular flexibility index (Phi) is 6.85. The highest BCUT2D eigenvalue weighted by molar-refractivity contribution is 6.28. The number of hydrogen-bond donors (Lipinski definition) is 0. The Bertz CT molecular complexity index is 3740. The van der Waals surface area contributed by atoms with Crippen molar-refractivity contribution in [1.82, 2.24) is 0 Å². The second-order valence-corrected chi connectivity index (χ2v) is 17.1. The highest BCUT2D eigenvalue weighted by atomic mass is 16.3. The van der Waals surface area contributed by atoms with Crippen molar-refractivity contribution in [2.75, 3.05) is 0 Å². The summed E-state index contributed by atoms with van der Waals surface area (Å²) in [4.78, 5) is 0. The van der Waals surface area contributed by atoms with Crippen LogP contribution in [0.5, 0.6) is 0 Å². The van der Waals surface area contributed by atoms with Crippen molar-refractivity contribution >= 4 is 75.8 Å². The van der Waals surface area contributed by atoms with Gasteiger partial charge in [-0.2, -0.15) is 0 Å². The first-order valence-electron chi connectivity index (χ1n) is 21.0. The van der Waals surface area contributed by atoms with Crippen LogP contribution in [0.15, 0.2) is 199 Å². The minimum absolute atomic E-state index is 0.0973. The maximum atomic E-state index is 7.09. The molecule has 0 fully saturated rings. The second kappa shape index (κ2) is 12.3. The van der Waals surface area contributed by atoms with Crippen LogP contribution in [0.4, 0.5) is 0 Å². The van der Waals surface area contributed by atoms with Gasteiger partial charge in [0.2, 0.25) is 0 Å². The molecular weight excluding hydrogens is 725 g/mol. The molecule has 1 heteroatoms. The molecule has 0 aliphatic heterocycles. The lowest BCUT2D eigenvalue weighted by atomic mass is 9.82. The quantitative estimate of drug-likeness (QED) is 0.163. The van der Waals surface area contributed by atoms with E-state index in [-0.39, 0.29) is 5.41 Å². The first-order chi connectivity index (χ1) is 29.6. The Morgan fingerprint density at radius 3 is 1.48 bits per heavy atom. The summed E-state index contributed by atoms with van der Waals surface area (Å²) >= 11 is 0. The molecule has 1 nitrogen and oxygen atoms in total. The van der Waals surface area contributed by atoms with Crippen LogP contribution >= 0.6 is 0 Å². The molecule has 0 spiro atoms. The highest BCUT2D eigenvalue weighted by Gasteiger charge is 2.37. The lowest BCUT2D eigenvalue weighted by molar-refractivity contribution is 0.653. The van der Waals surface area contributed by atoms with Gasteiger partial charge in [0.15, 0.2) is 0 Å². The zero-order valence-corrected chi connectivity index (χ0v) is 33.4. The topological polar surface area (TPSA) is 13.1 Å². The molecule has 0 radical (unpaired) electrons. The zero-order valence-electron chi connectivity index (χ0n) is 33.4. The SMILES string of the molecule is CC1(C)c2ccccc2-c2c1ccc1c2oc2cc(-c3ccc(-c4c5ccccc5c(-c5cccc6ccccc56)c5ccccc45)c4ccccc34)c3ccccc3c21. The van der Waals surface area contributed by atoms with Crippen LogP contribution in [0.2, 0.25) is 0 Å². The van der Waals surface area contributed by atoms with Gasteiger partial charge in [0.05, 0.1) is 0 Å². The number of rotatable bonds is 3. The van der Waals surface area contributed by atoms with E-state index in [9.17, 15) is 0 Å². The van der Waals surface area contributed by atoms with E-state index in [1.165, 1.54) is 120 Å². The monoisotopic (exact) mass is 762 g/mol. The van der Waals surface area contributed by atoms with Crippen molar-refractivity contribution in [3.63, 3.8) is 0 Å². The molecule has 12 aromatic rings. The Balaban J connectivity index is 1.08. The van der Waals surface area contributed by atoms with Crippen LogP contribution in [0, 0.1) is 0 Å². The Morgan fingerprint density at radius 1 is 0.317 bits per heavy atom. The Hall–Kier alpha value is -7.48. The number of benzene rings is 11. The average molecular weight is 763 g/mol. The van der Waals surface area contributed by atoms with E-state index in [2.05, 4.69) is 208 Å². The van der Waals surface area contributed by atoms with Crippen molar-refractivity contribution in [2.24, 2.45) is 0 Å². The van der Waals surface area contributed by atoms with Gasteiger partial charge in [-0.05, 0) is 110 Å². The summed E-state index contributed by atoms with van der Waals surface area (Å²) in [6.45, 7) is 4.67. The molecule has 0 N–H and O–H groups in total. The Labute approximate surface area is 347 Å². The van der Waals surface area contributed by atoms with Crippen LogP contribution in [-0.2, 0) is 5.41 Å². The minimum Gasteiger partial charge on any atom is -0.455 e. The summed E-state index contributed by atoms with van der Waals surface area (Å²) < 4.78 is 7.09. The smallest absolute Gasteiger partial charge is 0.143 e. The van der Waals surface area contributed by atoms with Crippen molar-refractivity contribution in [3.05, 3.63) is 205 Å². The molecule has 1 aliphatic rings. The highest BCUT2D eigenvalue weighted by Crippen LogP contribution is 2.54. The fourth-order valence-electron chi connectivity index (χ4n) is 11.0. The minimum atomic E-state index is -0.0973. The van der Waals surface area contributed by atoms with Crippen LogP contribution in [0.1, 0.15) is 25.0 Å². The summed E-state index contributed by atoms with van der Waals surface area (Å²) in [6.07, 6.45) is 0. The summed E-state index contributed by atoms with van der Waals surface area (Å²) in [5.41, 5.74) is 14.4. The third-order valence-electron chi connectivity index (χ3n) is 13.7. The van der Waals surface area contributed by atoms with E-state index in [0.717, 1.165) is 11.2 Å². The summed E-state index contributed by atoms with van der Waals surface area (Å²) in [7, 11) is 0. The molecular formula is C59H38O. The molecule has 0 amide bonds. The summed E-state index contributed by atoms with van der Waals surface area (Å²) in [6, 6.07) is 71.8. The maximum Gasteiger partial charge on any atom is 0.143 e. The van der Waals surface area contributed by atoms with E-state index < -0.39 is 0 Å². The standard InChI is InChI=1S/C59H38O/c1-59(2)51-29-14-13-27-48(51)57-52(59)33-32-49-56-42-22-8-7-21-39(42)50(34-53(56)60-58(49)57)40-30-31-47(38-20-6-5-19-37(38)40)55-45-25-11-9-23-43(45)54(44-24-10-12-26-46(44)55)41-28-15-17-35-16-3-4-18-36(35)41/h3-34H,1-2H3. The molecule has 0 bridgehead atoms. The van der Waals surface area contributed by atoms with Gasteiger partial charge in [-0.25, -0.2) is 0 Å². The molecule has 0 unspecified atom stereocenters. The van der Waals surface area contributed by atoms with E-state index in [4.69, 9.17) is 4.42 Å². The van der Waals surface area contributed by atoms with Gasteiger partial charge in [0, 0.05) is 21.8 Å².